The summed E-state index contributed by atoms with van der Waals surface area (Å²) in [5.41, 5.74) is 3.71. The molecule has 5 rings (SSSR count). The molecule has 0 aliphatic carbocycles. The van der Waals surface area contributed by atoms with Gasteiger partial charge in [0, 0.05) is 34.4 Å². The molecular weight excluding hydrogens is 422 g/mol. The van der Waals surface area contributed by atoms with Crippen LogP contribution < -0.4 is 4.90 Å². The summed E-state index contributed by atoms with van der Waals surface area (Å²) >= 11 is 0. The molecule has 33 heavy (non-hydrogen) atoms. The fraction of sp³-hybridized carbons (Fsp3) is 0.148. The zero-order chi connectivity index (χ0) is 23.1. The third-order valence-electron chi connectivity index (χ3n) is 6.22. The number of halogens is 2. The molecule has 1 aliphatic rings. The molecule has 1 aromatic heterocycles. The van der Waals surface area contributed by atoms with E-state index in [-0.39, 0.29) is 17.2 Å². The number of carbonyl (C=O) groups is 1. The van der Waals surface area contributed by atoms with Gasteiger partial charge in [-0.1, -0.05) is 36.4 Å². The van der Waals surface area contributed by atoms with E-state index in [0.717, 1.165) is 40.3 Å². The number of nitrogens with zero attached hydrogens (tertiary/aromatic N) is 1. The molecule has 1 aliphatic heterocycles. The van der Waals surface area contributed by atoms with Gasteiger partial charge in [-0.3, -0.25) is 0 Å². The molecule has 0 unspecified atom stereocenters. The van der Waals surface area contributed by atoms with Crippen LogP contribution in [0.25, 0.3) is 17.0 Å². The predicted octanol–water partition coefficient (Wildman–Crippen LogP) is 6.08. The van der Waals surface area contributed by atoms with Crippen LogP contribution in [0.2, 0.25) is 0 Å². The maximum Gasteiger partial charge on any atom is 0.328 e. The highest BCUT2D eigenvalue weighted by Gasteiger charge is 2.38. The molecule has 0 saturated carbocycles. The Balaban J connectivity index is 1.74. The zero-order valence-electron chi connectivity index (χ0n) is 17.9. The Labute approximate surface area is 189 Å². The summed E-state index contributed by atoms with van der Waals surface area (Å²) in [5, 5.41) is 9.91. The van der Waals surface area contributed by atoms with Crippen molar-refractivity contribution < 1.29 is 18.7 Å². The summed E-state index contributed by atoms with van der Waals surface area (Å²) in [4.78, 5) is 16.3. The second-order valence-electron chi connectivity index (χ2n) is 8.33. The number of rotatable bonds is 4. The third-order valence-corrected chi connectivity index (χ3v) is 6.22. The molecule has 3 aromatic carbocycles. The number of carboxylic acid groups (broad SMARTS) is 1. The fourth-order valence-electron chi connectivity index (χ4n) is 4.88. The van der Waals surface area contributed by atoms with Crippen LogP contribution in [0.4, 0.5) is 14.5 Å². The number of benzene rings is 3. The minimum absolute atomic E-state index is 0.0190. The molecule has 166 valence electrons. The van der Waals surface area contributed by atoms with Gasteiger partial charge in [0.05, 0.1) is 5.56 Å². The van der Waals surface area contributed by atoms with Gasteiger partial charge in [0.1, 0.15) is 17.7 Å². The summed E-state index contributed by atoms with van der Waals surface area (Å²) in [7, 11) is 0. The van der Waals surface area contributed by atoms with E-state index < -0.39 is 23.6 Å². The summed E-state index contributed by atoms with van der Waals surface area (Å²) in [5.74, 6) is -2.62. The second kappa shape index (κ2) is 8.20. The van der Waals surface area contributed by atoms with Gasteiger partial charge >= 0.3 is 5.97 Å². The van der Waals surface area contributed by atoms with Crippen molar-refractivity contribution in [3.05, 3.63) is 107 Å². The van der Waals surface area contributed by atoms with Gasteiger partial charge in [-0.15, -0.1) is 0 Å². The van der Waals surface area contributed by atoms with E-state index in [1.165, 1.54) is 18.2 Å². The molecule has 2 heterocycles. The lowest BCUT2D eigenvalue weighted by Crippen LogP contribution is -2.43. The fourth-order valence-corrected chi connectivity index (χ4v) is 4.88. The van der Waals surface area contributed by atoms with E-state index in [2.05, 4.69) is 11.9 Å². The summed E-state index contributed by atoms with van der Waals surface area (Å²) < 4.78 is 31.0. The van der Waals surface area contributed by atoms with Gasteiger partial charge in [0.2, 0.25) is 0 Å². The average molecular weight is 444 g/mol. The van der Waals surface area contributed by atoms with Gasteiger partial charge in [-0.05, 0) is 60.9 Å². The number of hydrogen-bond donors (Lipinski definition) is 2. The molecule has 0 bridgehead atoms. The minimum atomic E-state index is -1.18. The van der Waals surface area contributed by atoms with Crippen LogP contribution in [0.15, 0.2) is 72.8 Å². The number of nitrogens with one attached hydrogen (secondary N) is 1. The molecule has 4 nitrogen and oxygen atoms in total. The van der Waals surface area contributed by atoms with E-state index >= 15 is 8.78 Å². The number of aliphatic carboxylic acids is 1. The van der Waals surface area contributed by atoms with E-state index in [4.69, 9.17) is 5.11 Å². The van der Waals surface area contributed by atoms with Gasteiger partial charge < -0.3 is 15.0 Å². The van der Waals surface area contributed by atoms with Crippen LogP contribution in [0.1, 0.15) is 35.3 Å². The monoisotopic (exact) mass is 444 g/mol. The van der Waals surface area contributed by atoms with Crippen LogP contribution in [-0.4, -0.2) is 22.1 Å². The molecule has 0 saturated heterocycles. The van der Waals surface area contributed by atoms with Crippen LogP contribution in [0.5, 0.6) is 0 Å². The number of carboxylic acids is 1. The van der Waals surface area contributed by atoms with Gasteiger partial charge in [0.15, 0.2) is 0 Å². The first-order chi connectivity index (χ1) is 15.9. The molecule has 0 radical (unpaired) electrons. The van der Waals surface area contributed by atoms with Gasteiger partial charge in [0.25, 0.3) is 0 Å². The van der Waals surface area contributed by atoms with Gasteiger partial charge in [-0.25, -0.2) is 13.6 Å². The Hall–Kier alpha value is -3.93. The first-order valence-corrected chi connectivity index (χ1v) is 10.8. The molecule has 0 spiro atoms. The number of aromatic nitrogens is 1. The number of para-hydroxylation sites is 2. The van der Waals surface area contributed by atoms with Gasteiger partial charge in [-0.2, -0.15) is 0 Å². The van der Waals surface area contributed by atoms with Crippen molar-refractivity contribution in [2.24, 2.45) is 0 Å². The Morgan fingerprint density at radius 3 is 2.42 bits per heavy atom. The van der Waals surface area contributed by atoms with Crippen LogP contribution in [-0.2, 0) is 11.2 Å². The Morgan fingerprint density at radius 1 is 1.06 bits per heavy atom. The molecule has 0 fully saturated rings. The number of anilines is 1. The maximum absolute atomic E-state index is 15.5. The second-order valence-corrected chi connectivity index (χ2v) is 8.33. The number of aromatic amines is 1. The maximum atomic E-state index is 15.5. The molecule has 4 aromatic rings. The highest BCUT2D eigenvalue weighted by atomic mass is 19.1. The molecule has 2 N–H and O–H groups in total. The first kappa shape index (κ1) is 20.9. The van der Waals surface area contributed by atoms with Crippen LogP contribution >= 0.6 is 0 Å². The SMILES string of the molecule is C[C@@H]1Cc2c([nH]c3ccccc23)[C@@H](c2c(F)cc(/C=C/C(=O)O)cc2F)N1c1ccccc1. The molecule has 2 atom stereocenters. The van der Waals surface area contributed by atoms with E-state index in [1.54, 1.807) is 0 Å². The minimum Gasteiger partial charge on any atom is -0.478 e. The average Bonchev–Trinajstić information content (AvgIpc) is 3.16. The predicted molar refractivity (Wildman–Crippen MR) is 125 cm³/mol. The Morgan fingerprint density at radius 2 is 1.73 bits per heavy atom. The molecular formula is C27H22F2N2O2. The highest BCUT2D eigenvalue weighted by Crippen LogP contribution is 2.44. The largest absolute Gasteiger partial charge is 0.478 e. The topological polar surface area (TPSA) is 56.3 Å². The van der Waals surface area contributed by atoms with Crippen LogP contribution in [0.3, 0.4) is 0 Å². The normalized spacial score (nSPS) is 18.1. The standard InChI is InChI=1S/C27H22F2N2O2/c1-16-13-20-19-9-5-6-10-23(19)30-26(20)27(31(16)18-7-3-2-4-8-18)25-21(28)14-17(15-22(25)29)11-12-24(32)33/h2-12,14-16,27,30H,13H2,1H3,(H,32,33)/b12-11+/t16-,27-/m1/s1. The zero-order valence-corrected chi connectivity index (χ0v) is 17.9. The third kappa shape index (κ3) is 3.67. The Kier molecular flexibility index (Phi) is 5.21. The summed E-state index contributed by atoms with van der Waals surface area (Å²) in [6.07, 6.45) is 2.78. The van der Waals surface area contributed by atoms with E-state index in [1.807, 2.05) is 59.5 Å². The number of fused-ring (bicyclic) bond motifs is 3. The lowest BCUT2D eigenvalue weighted by atomic mass is 9.87. The van der Waals surface area contributed by atoms with Crippen molar-refractivity contribution in [3.63, 3.8) is 0 Å². The molecule has 0 amide bonds. The summed E-state index contributed by atoms with van der Waals surface area (Å²) in [6.45, 7) is 2.06. The van der Waals surface area contributed by atoms with Crippen molar-refractivity contribution >= 4 is 28.6 Å². The lowest BCUT2D eigenvalue weighted by Gasteiger charge is -2.43. The van der Waals surface area contributed by atoms with Crippen LogP contribution in [0, 0.1) is 11.6 Å². The number of H-pyrrole nitrogens is 1. The summed E-state index contributed by atoms with van der Waals surface area (Å²) in [6, 6.07) is 19.1. The van der Waals surface area contributed by atoms with Crippen molar-refractivity contribution in [1.82, 2.24) is 4.98 Å². The number of hydrogen-bond acceptors (Lipinski definition) is 2. The van der Waals surface area contributed by atoms with Crippen molar-refractivity contribution in [3.8, 4) is 0 Å². The highest BCUT2D eigenvalue weighted by molar-refractivity contribution is 5.86. The van der Waals surface area contributed by atoms with E-state index in [9.17, 15) is 4.79 Å². The lowest BCUT2D eigenvalue weighted by molar-refractivity contribution is -0.131. The first-order valence-electron chi connectivity index (χ1n) is 10.8. The smallest absolute Gasteiger partial charge is 0.328 e. The van der Waals surface area contributed by atoms with Crippen molar-refractivity contribution in [1.29, 1.82) is 0 Å². The molecule has 6 heteroatoms. The Bertz CT molecular complexity index is 1350. The van der Waals surface area contributed by atoms with Crippen molar-refractivity contribution in [2.75, 3.05) is 4.90 Å². The van der Waals surface area contributed by atoms with Crippen molar-refractivity contribution in [2.45, 2.75) is 25.4 Å². The van der Waals surface area contributed by atoms with E-state index in [0.29, 0.717) is 0 Å². The quantitative estimate of drug-likeness (QED) is 0.375.